The van der Waals surface area contributed by atoms with Crippen molar-refractivity contribution in [3.05, 3.63) is 53.6 Å². The summed E-state index contributed by atoms with van der Waals surface area (Å²) in [5.41, 5.74) is 9.66. The van der Waals surface area contributed by atoms with Crippen molar-refractivity contribution in [3.8, 4) is 11.1 Å². The summed E-state index contributed by atoms with van der Waals surface area (Å²) in [7, 11) is 0. The molecule has 2 N–H and O–H groups in total. The number of rotatable bonds is 3. The first-order valence-electron chi connectivity index (χ1n) is 5.51. The van der Waals surface area contributed by atoms with E-state index in [-0.39, 0.29) is 0 Å². The van der Waals surface area contributed by atoms with Gasteiger partial charge in [0.25, 0.3) is 0 Å². The van der Waals surface area contributed by atoms with E-state index in [2.05, 4.69) is 37.1 Å². The molecule has 0 fully saturated rings. The number of hydrogen-bond donors (Lipinski definition) is 1. The number of benzene rings is 2. The van der Waals surface area contributed by atoms with Gasteiger partial charge in [-0.15, -0.1) is 11.8 Å². The van der Waals surface area contributed by atoms with E-state index in [4.69, 9.17) is 17.3 Å². The maximum atomic E-state index is 6.07. The average Bonchev–Trinajstić information content (AvgIpc) is 2.38. The van der Waals surface area contributed by atoms with Crippen LogP contribution >= 0.6 is 23.4 Å². The summed E-state index contributed by atoms with van der Waals surface area (Å²) < 4.78 is 0. The van der Waals surface area contributed by atoms with Crippen molar-refractivity contribution in [2.24, 2.45) is 0 Å². The second-order valence-corrected chi connectivity index (χ2v) is 5.20. The second-order valence-electron chi connectivity index (χ2n) is 3.89. The van der Waals surface area contributed by atoms with Crippen LogP contribution in [0.5, 0.6) is 0 Å². The summed E-state index contributed by atoms with van der Waals surface area (Å²) in [5, 5.41) is 0.641. The third-order valence-corrected chi connectivity index (χ3v) is 3.74. The zero-order valence-corrected chi connectivity index (χ0v) is 11.7. The lowest BCUT2D eigenvalue weighted by atomic mass is 9.98. The van der Waals surface area contributed by atoms with Crippen molar-refractivity contribution in [3.63, 3.8) is 0 Å². The van der Waals surface area contributed by atoms with Crippen LogP contribution in [0.3, 0.4) is 0 Å². The first-order chi connectivity index (χ1) is 8.65. The van der Waals surface area contributed by atoms with Crippen molar-refractivity contribution in [2.45, 2.75) is 4.90 Å². The van der Waals surface area contributed by atoms with E-state index in [0.717, 1.165) is 16.7 Å². The number of anilines is 1. The van der Waals surface area contributed by atoms with Gasteiger partial charge in [-0.2, -0.15) is 0 Å². The van der Waals surface area contributed by atoms with Crippen LogP contribution in [-0.4, -0.2) is 6.26 Å². The Kier molecular flexibility index (Phi) is 4.00. The average molecular weight is 276 g/mol. The Balaban J connectivity index is 2.58. The first-order valence-corrected chi connectivity index (χ1v) is 7.12. The number of nitrogen functional groups attached to an aromatic ring is 1. The first kappa shape index (κ1) is 13.1. The minimum atomic E-state index is 0.641. The molecule has 0 heterocycles. The SMILES string of the molecule is C=Cc1c(N)cc(Cl)cc1-c1ccc(SC)cc1. The van der Waals surface area contributed by atoms with Gasteiger partial charge in [0.1, 0.15) is 0 Å². The summed E-state index contributed by atoms with van der Waals surface area (Å²) in [6, 6.07) is 12.0. The lowest BCUT2D eigenvalue weighted by Crippen LogP contribution is -1.93. The van der Waals surface area contributed by atoms with Gasteiger partial charge < -0.3 is 5.73 Å². The maximum absolute atomic E-state index is 6.07. The lowest BCUT2D eigenvalue weighted by Gasteiger charge is -2.10. The molecule has 0 bridgehead atoms. The van der Waals surface area contributed by atoms with Gasteiger partial charge in [0.05, 0.1) is 0 Å². The molecule has 0 saturated carbocycles. The van der Waals surface area contributed by atoms with E-state index in [1.165, 1.54) is 4.90 Å². The van der Waals surface area contributed by atoms with Gasteiger partial charge in [0.2, 0.25) is 0 Å². The summed E-state index contributed by atoms with van der Waals surface area (Å²) >= 11 is 7.79. The predicted molar refractivity (Wildman–Crippen MR) is 83.2 cm³/mol. The van der Waals surface area contributed by atoms with Crippen LogP contribution in [0, 0.1) is 0 Å². The van der Waals surface area contributed by atoms with Crippen LogP contribution < -0.4 is 5.73 Å². The van der Waals surface area contributed by atoms with Gasteiger partial charge in [-0.1, -0.05) is 36.4 Å². The molecule has 0 aliphatic heterocycles. The van der Waals surface area contributed by atoms with E-state index in [9.17, 15) is 0 Å². The molecule has 0 amide bonds. The fourth-order valence-corrected chi connectivity index (χ4v) is 2.51. The summed E-state index contributed by atoms with van der Waals surface area (Å²) in [6.07, 6.45) is 3.82. The molecule has 2 rings (SSSR count). The number of halogens is 1. The highest BCUT2D eigenvalue weighted by Gasteiger charge is 2.08. The molecule has 2 aromatic carbocycles. The highest BCUT2D eigenvalue weighted by Crippen LogP contribution is 2.33. The van der Waals surface area contributed by atoms with Crippen molar-refractivity contribution in [1.82, 2.24) is 0 Å². The third kappa shape index (κ3) is 2.55. The molecule has 0 atom stereocenters. The van der Waals surface area contributed by atoms with Crippen molar-refractivity contribution < 1.29 is 0 Å². The van der Waals surface area contributed by atoms with Crippen LogP contribution in [0.4, 0.5) is 5.69 Å². The highest BCUT2D eigenvalue weighted by atomic mass is 35.5. The third-order valence-electron chi connectivity index (χ3n) is 2.78. The highest BCUT2D eigenvalue weighted by molar-refractivity contribution is 7.98. The molecular formula is C15H14ClNS. The molecule has 0 radical (unpaired) electrons. The molecule has 92 valence electrons. The largest absolute Gasteiger partial charge is 0.398 e. The summed E-state index contributed by atoms with van der Waals surface area (Å²) in [6.45, 7) is 3.81. The zero-order chi connectivity index (χ0) is 13.1. The van der Waals surface area contributed by atoms with Gasteiger partial charge in [-0.25, -0.2) is 0 Å². The van der Waals surface area contributed by atoms with Gasteiger partial charge in [0.15, 0.2) is 0 Å². The minimum absolute atomic E-state index is 0.641. The summed E-state index contributed by atoms with van der Waals surface area (Å²) in [4.78, 5) is 1.23. The summed E-state index contributed by atoms with van der Waals surface area (Å²) in [5.74, 6) is 0. The number of thioether (sulfide) groups is 1. The predicted octanol–water partition coefficient (Wildman–Crippen LogP) is 4.95. The lowest BCUT2D eigenvalue weighted by molar-refractivity contribution is 1.46. The molecule has 2 aromatic rings. The molecule has 0 spiro atoms. The fraction of sp³-hybridized carbons (Fsp3) is 0.0667. The van der Waals surface area contributed by atoms with Crippen LogP contribution in [0.1, 0.15) is 5.56 Å². The van der Waals surface area contributed by atoms with Crippen LogP contribution in [0.15, 0.2) is 47.9 Å². The van der Waals surface area contributed by atoms with E-state index in [1.54, 1.807) is 23.9 Å². The monoisotopic (exact) mass is 275 g/mol. The number of nitrogens with two attached hydrogens (primary N) is 1. The van der Waals surface area contributed by atoms with Crippen LogP contribution in [0.2, 0.25) is 5.02 Å². The van der Waals surface area contributed by atoms with Crippen molar-refractivity contribution in [1.29, 1.82) is 0 Å². The van der Waals surface area contributed by atoms with E-state index >= 15 is 0 Å². The van der Waals surface area contributed by atoms with Gasteiger partial charge in [-0.3, -0.25) is 0 Å². The van der Waals surface area contributed by atoms with Gasteiger partial charge in [0, 0.05) is 21.2 Å². The Morgan fingerprint density at radius 3 is 2.44 bits per heavy atom. The van der Waals surface area contributed by atoms with Crippen LogP contribution in [0.25, 0.3) is 17.2 Å². The smallest absolute Gasteiger partial charge is 0.0433 e. The minimum Gasteiger partial charge on any atom is -0.398 e. The van der Waals surface area contributed by atoms with E-state index in [0.29, 0.717) is 10.7 Å². The van der Waals surface area contributed by atoms with Gasteiger partial charge in [-0.05, 0) is 41.6 Å². The second kappa shape index (κ2) is 5.51. The van der Waals surface area contributed by atoms with Crippen molar-refractivity contribution >= 4 is 35.1 Å². The normalized spacial score (nSPS) is 10.3. The Hall–Kier alpha value is -1.38. The topological polar surface area (TPSA) is 26.0 Å². The quantitative estimate of drug-likeness (QED) is 0.633. The standard InChI is InChI=1S/C15H14ClNS/c1-3-13-14(8-11(16)9-15(13)17)10-4-6-12(18-2)7-5-10/h3-9H,1,17H2,2H3. The Labute approximate surface area is 117 Å². The molecular weight excluding hydrogens is 262 g/mol. The molecule has 0 unspecified atom stereocenters. The molecule has 0 saturated heterocycles. The maximum Gasteiger partial charge on any atom is 0.0433 e. The Morgan fingerprint density at radius 1 is 1.22 bits per heavy atom. The molecule has 18 heavy (non-hydrogen) atoms. The molecule has 3 heteroatoms. The molecule has 1 nitrogen and oxygen atoms in total. The zero-order valence-electron chi connectivity index (χ0n) is 10.1. The van der Waals surface area contributed by atoms with Crippen molar-refractivity contribution in [2.75, 3.05) is 12.0 Å². The molecule has 0 aliphatic rings. The molecule has 0 aliphatic carbocycles. The van der Waals surface area contributed by atoms with E-state index < -0.39 is 0 Å². The van der Waals surface area contributed by atoms with Gasteiger partial charge >= 0.3 is 0 Å². The Morgan fingerprint density at radius 2 is 1.89 bits per heavy atom. The number of hydrogen-bond acceptors (Lipinski definition) is 2. The van der Waals surface area contributed by atoms with E-state index in [1.807, 2.05) is 6.07 Å². The molecule has 0 aromatic heterocycles. The fourth-order valence-electron chi connectivity index (χ4n) is 1.88. The Bertz CT molecular complexity index is 576. The van der Waals surface area contributed by atoms with Crippen LogP contribution in [-0.2, 0) is 0 Å².